The molecule has 0 radical (unpaired) electrons. The normalized spacial score (nSPS) is 14.0. The smallest absolute Gasteiger partial charge is 0.324 e. The van der Waals surface area contributed by atoms with Gasteiger partial charge in [0.25, 0.3) is 0 Å². The summed E-state index contributed by atoms with van der Waals surface area (Å²) in [6, 6.07) is 6.50. The van der Waals surface area contributed by atoms with Gasteiger partial charge in [0.05, 0.1) is 32.7 Å². The Morgan fingerprint density at radius 2 is 1.70 bits per heavy atom. The van der Waals surface area contributed by atoms with Gasteiger partial charge in [-0.2, -0.15) is 0 Å². The van der Waals surface area contributed by atoms with E-state index in [4.69, 9.17) is 18.9 Å². The van der Waals surface area contributed by atoms with Gasteiger partial charge in [-0.1, -0.05) is 18.2 Å². The summed E-state index contributed by atoms with van der Waals surface area (Å²) in [5.41, 5.74) is -1.62. The number of rotatable bonds is 13. The van der Waals surface area contributed by atoms with Gasteiger partial charge in [0.2, 0.25) is 0 Å². The summed E-state index contributed by atoms with van der Waals surface area (Å²) < 4.78 is 46.2. The first kappa shape index (κ1) is 28.2. The molecule has 0 spiro atoms. The zero-order chi connectivity index (χ0) is 25.2. The third kappa shape index (κ3) is 7.31. The summed E-state index contributed by atoms with van der Waals surface area (Å²) in [6.45, 7) is 8.03. The topological polar surface area (TPSA) is 122 Å². The zero-order valence-corrected chi connectivity index (χ0v) is 20.5. The van der Waals surface area contributed by atoms with E-state index in [1.807, 2.05) is 0 Å². The van der Waals surface area contributed by atoms with Crippen molar-refractivity contribution < 1.29 is 41.7 Å². The highest BCUT2D eigenvalue weighted by molar-refractivity contribution is 7.92. The van der Waals surface area contributed by atoms with Crippen molar-refractivity contribution in [3.8, 4) is 5.75 Å². The Hall–Kier alpha value is -2.88. The second kappa shape index (κ2) is 12.4. The highest BCUT2D eigenvalue weighted by atomic mass is 32.2. The Kier molecular flexibility index (Phi) is 10.6. The van der Waals surface area contributed by atoms with E-state index in [0.717, 1.165) is 13.2 Å². The minimum Gasteiger partial charge on any atom is -0.497 e. The van der Waals surface area contributed by atoms with Crippen LogP contribution in [0.15, 0.2) is 36.9 Å². The number of esters is 3. The van der Waals surface area contributed by atoms with E-state index in [9.17, 15) is 22.8 Å². The van der Waals surface area contributed by atoms with Crippen molar-refractivity contribution in [3.63, 3.8) is 0 Å². The Morgan fingerprint density at radius 3 is 2.15 bits per heavy atom. The molecule has 9 nitrogen and oxygen atoms in total. The maximum atomic E-state index is 13.3. The van der Waals surface area contributed by atoms with Gasteiger partial charge in [0.1, 0.15) is 5.75 Å². The van der Waals surface area contributed by atoms with Crippen LogP contribution >= 0.6 is 0 Å². The lowest BCUT2D eigenvalue weighted by Gasteiger charge is -2.32. The summed E-state index contributed by atoms with van der Waals surface area (Å²) in [6.07, 6.45) is -0.471. The van der Waals surface area contributed by atoms with Crippen molar-refractivity contribution in [2.75, 3.05) is 26.6 Å². The number of methoxy groups -OCH3 is 2. The Morgan fingerprint density at radius 1 is 1.09 bits per heavy atom. The highest BCUT2D eigenvalue weighted by Crippen LogP contribution is 2.36. The van der Waals surface area contributed by atoms with Crippen molar-refractivity contribution in [2.45, 2.75) is 45.0 Å². The summed E-state index contributed by atoms with van der Waals surface area (Å²) in [5.74, 6) is -3.09. The highest BCUT2D eigenvalue weighted by Gasteiger charge is 2.54. The molecule has 1 aromatic carbocycles. The van der Waals surface area contributed by atoms with E-state index in [2.05, 4.69) is 6.58 Å². The molecule has 0 bridgehead atoms. The first-order valence-corrected chi connectivity index (χ1v) is 12.1. The minimum atomic E-state index is -4.16. The van der Waals surface area contributed by atoms with Crippen molar-refractivity contribution in [1.29, 1.82) is 0 Å². The molecular formula is C23H32O9S. The average Bonchev–Trinajstić information content (AvgIpc) is 2.75. The van der Waals surface area contributed by atoms with Gasteiger partial charge in [-0.25, -0.2) is 8.42 Å². The van der Waals surface area contributed by atoms with Gasteiger partial charge >= 0.3 is 17.9 Å². The molecule has 0 saturated heterocycles. The van der Waals surface area contributed by atoms with Crippen LogP contribution in [0.1, 0.15) is 32.8 Å². The second-order valence-corrected chi connectivity index (χ2v) is 9.84. The molecule has 0 heterocycles. The van der Waals surface area contributed by atoms with Crippen LogP contribution in [0.5, 0.6) is 5.75 Å². The molecule has 0 aliphatic rings. The quantitative estimate of drug-likeness (QED) is 0.180. The molecule has 0 N–H and O–H groups in total. The molecule has 0 aliphatic carbocycles. The average molecular weight is 485 g/mol. The van der Waals surface area contributed by atoms with Gasteiger partial charge in [-0.15, -0.1) is 6.58 Å². The summed E-state index contributed by atoms with van der Waals surface area (Å²) in [5, 5.41) is -1.81. The maximum absolute atomic E-state index is 13.3. The van der Waals surface area contributed by atoms with E-state index in [1.165, 1.54) is 14.0 Å². The first-order chi connectivity index (χ1) is 15.5. The third-order valence-electron chi connectivity index (χ3n) is 4.84. The van der Waals surface area contributed by atoms with Crippen LogP contribution in [-0.4, -0.2) is 64.3 Å². The van der Waals surface area contributed by atoms with E-state index >= 15 is 0 Å². The first-order valence-electron chi connectivity index (χ1n) is 10.4. The van der Waals surface area contributed by atoms with Gasteiger partial charge < -0.3 is 18.9 Å². The number of hydrogen-bond acceptors (Lipinski definition) is 9. The van der Waals surface area contributed by atoms with Crippen molar-refractivity contribution in [3.05, 3.63) is 42.5 Å². The Bertz CT molecular complexity index is 935. The van der Waals surface area contributed by atoms with E-state index < -0.39 is 56.7 Å². The van der Waals surface area contributed by atoms with Crippen LogP contribution in [0.25, 0.3) is 0 Å². The monoisotopic (exact) mass is 484 g/mol. The number of ether oxygens (including phenoxy) is 4. The fourth-order valence-corrected chi connectivity index (χ4v) is 4.73. The molecule has 1 rings (SSSR count). The van der Waals surface area contributed by atoms with Gasteiger partial charge in [-0.05, 0) is 44.9 Å². The van der Waals surface area contributed by atoms with Gasteiger partial charge in [0, 0.05) is 6.42 Å². The maximum Gasteiger partial charge on any atom is 0.324 e. The molecule has 2 atom stereocenters. The molecule has 0 amide bonds. The number of benzene rings is 1. The molecule has 0 fully saturated rings. The molecule has 1 aromatic rings. The number of carbonyl (C=O) groups is 3. The predicted molar refractivity (Wildman–Crippen MR) is 121 cm³/mol. The fourth-order valence-electron chi connectivity index (χ4n) is 3.27. The SMILES string of the molecule is C=CCS(=O)(=O)C(CC(Cc1ccc(OC)cc1)(C(=O)OC)C(=O)OC(C)C)C(=O)OCC. The molecule has 0 aliphatic heterocycles. The number of hydrogen-bond donors (Lipinski definition) is 0. The van der Waals surface area contributed by atoms with Crippen molar-refractivity contribution in [2.24, 2.45) is 5.41 Å². The molecular weight excluding hydrogens is 452 g/mol. The number of sulfone groups is 1. The summed E-state index contributed by atoms with van der Waals surface area (Å²) in [4.78, 5) is 39.0. The molecule has 0 aromatic heterocycles. The third-order valence-corrected chi connectivity index (χ3v) is 6.77. The van der Waals surface area contributed by atoms with Crippen LogP contribution in [0.2, 0.25) is 0 Å². The minimum absolute atomic E-state index is 0.0842. The molecule has 10 heteroatoms. The van der Waals surface area contributed by atoms with Gasteiger partial charge in [-0.3, -0.25) is 14.4 Å². The molecule has 2 unspecified atom stereocenters. The standard InChI is InChI=1S/C23H32O9S/c1-7-13-33(27,28)19(20(24)31-8-2)15-23(21(25)30-6,22(26)32-16(3)4)14-17-9-11-18(29-5)12-10-17/h7,9-12,16,19H,1,8,13-15H2,2-6H3. The fraction of sp³-hybridized carbons (Fsp3) is 0.522. The molecule has 184 valence electrons. The van der Waals surface area contributed by atoms with Crippen molar-refractivity contribution in [1.82, 2.24) is 0 Å². The summed E-state index contributed by atoms with van der Waals surface area (Å²) in [7, 11) is -1.60. The lowest BCUT2D eigenvalue weighted by atomic mass is 9.77. The largest absolute Gasteiger partial charge is 0.497 e. The van der Waals surface area contributed by atoms with Crippen LogP contribution < -0.4 is 4.74 Å². The lowest BCUT2D eigenvalue weighted by molar-refractivity contribution is -0.174. The summed E-state index contributed by atoms with van der Waals surface area (Å²) >= 11 is 0. The Balaban J connectivity index is 3.68. The molecule has 33 heavy (non-hydrogen) atoms. The van der Waals surface area contributed by atoms with Crippen LogP contribution in [0.3, 0.4) is 0 Å². The molecule has 0 saturated carbocycles. The van der Waals surface area contributed by atoms with Crippen LogP contribution in [0, 0.1) is 5.41 Å². The number of carbonyl (C=O) groups excluding carboxylic acids is 3. The van der Waals surface area contributed by atoms with Crippen molar-refractivity contribution >= 4 is 27.7 Å². The second-order valence-electron chi connectivity index (χ2n) is 7.62. The van der Waals surface area contributed by atoms with Crippen LogP contribution in [0.4, 0.5) is 0 Å². The Labute approximate surface area is 195 Å². The predicted octanol–water partition coefficient (Wildman–Crippen LogP) is 2.27. The van der Waals surface area contributed by atoms with E-state index in [1.54, 1.807) is 38.1 Å². The van der Waals surface area contributed by atoms with E-state index in [0.29, 0.717) is 11.3 Å². The lowest BCUT2D eigenvalue weighted by Crippen LogP contribution is -2.50. The van der Waals surface area contributed by atoms with Gasteiger partial charge in [0.15, 0.2) is 20.5 Å². The van der Waals surface area contributed by atoms with E-state index in [-0.39, 0.29) is 13.0 Å². The van der Waals surface area contributed by atoms with Crippen LogP contribution in [-0.2, 0) is 44.9 Å². The zero-order valence-electron chi connectivity index (χ0n) is 19.7.